The third-order valence-electron chi connectivity index (χ3n) is 4.31. The molecule has 7 heteroatoms. The number of thiazole rings is 1. The van der Waals surface area contributed by atoms with Gasteiger partial charge in [0, 0.05) is 35.4 Å². The minimum atomic E-state index is -0.286. The highest BCUT2D eigenvalue weighted by atomic mass is 32.1. The topological polar surface area (TPSA) is 71.4 Å². The predicted molar refractivity (Wildman–Crippen MR) is 98.1 cm³/mol. The lowest BCUT2D eigenvalue weighted by Crippen LogP contribution is -2.35. The smallest absolute Gasteiger partial charge is 0.307 e. The van der Waals surface area contributed by atoms with Crippen LogP contribution < -0.4 is 10.2 Å². The van der Waals surface area contributed by atoms with Crippen molar-refractivity contribution >= 4 is 28.8 Å². The lowest BCUT2D eigenvalue weighted by atomic mass is 10.1. The minimum absolute atomic E-state index is 0.000646. The van der Waals surface area contributed by atoms with Gasteiger partial charge in [-0.15, -0.1) is 0 Å². The minimum Gasteiger partial charge on any atom is -0.339 e. The molecule has 1 aromatic heterocycles. The number of anilines is 1. The van der Waals surface area contributed by atoms with Crippen molar-refractivity contribution in [2.24, 2.45) is 0 Å². The van der Waals surface area contributed by atoms with E-state index in [0.29, 0.717) is 11.3 Å². The van der Waals surface area contributed by atoms with Crippen LogP contribution in [0.1, 0.15) is 35.3 Å². The van der Waals surface area contributed by atoms with E-state index in [1.807, 2.05) is 4.90 Å². The molecule has 1 aliphatic heterocycles. The average molecular weight is 359 g/mol. The van der Waals surface area contributed by atoms with Gasteiger partial charge in [-0.2, -0.15) is 0 Å². The summed E-state index contributed by atoms with van der Waals surface area (Å²) in [6, 6.07) is 6.96. The molecule has 3 rings (SSSR count). The molecule has 0 saturated carbocycles. The van der Waals surface area contributed by atoms with Crippen LogP contribution in [0.15, 0.2) is 34.4 Å². The van der Waals surface area contributed by atoms with Crippen molar-refractivity contribution in [1.29, 1.82) is 0 Å². The number of piperidine rings is 1. The lowest BCUT2D eigenvalue weighted by molar-refractivity contribution is -0.116. The quantitative estimate of drug-likeness (QED) is 0.912. The zero-order valence-electron chi connectivity index (χ0n) is 14.2. The SMILES string of the molecule is Cc1csc(=O)n1CC(=O)Nc1cccc(C(=O)N2CCCCC2)c1. The monoisotopic (exact) mass is 359 g/mol. The van der Waals surface area contributed by atoms with E-state index >= 15 is 0 Å². The van der Waals surface area contributed by atoms with Crippen molar-refractivity contribution in [2.75, 3.05) is 18.4 Å². The van der Waals surface area contributed by atoms with Gasteiger partial charge in [-0.1, -0.05) is 17.4 Å². The van der Waals surface area contributed by atoms with Crippen LogP contribution in [0.3, 0.4) is 0 Å². The molecule has 0 aliphatic carbocycles. The van der Waals surface area contributed by atoms with E-state index in [-0.39, 0.29) is 23.2 Å². The molecule has 2 heterocycles. The number of amides is 2. The number of aromatic nitrogens is 1. The molecule has 0 bridgehead atoms. The molecule has 1 aliphatic rings. The normalized spacial score (nSPS) is 14.4. The number of hydrogen-bond donors (Lipinski definition) is 1. The molecule has 1 N–H and O–H groups in total. The Morgan fingerprint density at radius 3 is 2.64 bits per heavy atom. The van der Waals surface area contributed by atoms with Crippen LogP contribution in [-0.2, 0) is 11.3 Å². The molecule has 1 aromatic carbocycles. The van der Waals surface area contributed by atoms with E-state index in [1.54, 1.807) is 36.6 Å². The molecule has 1 fully saturated rings. The Balaban J connectivity index is 1.68. The van der Waals surface area contributed by atoms with Crippen molar-refractivity contribution in [3.05, 3.63) is 50.6 Å². The summed E-state index contributed by atoms with van der Waals surface area (Å²) in [5.41, 5.74) is 1.90. The molecular formula is C18H21N3O3S. The van der Waals surface area contributed by atoms with Crippen LogP contribution in [0.4, 0.5) is 5.69 Å². The molecule has 132 valence electrons. The van der Waals surface area contributed by atoms with Gasteiger partial charge in [-0.25, -0.2) is 0 Å². The molecule has 0 spiro atoms. The Labute approximate surface area is 150 Å². The van der Waals surface area contributed by atoms with Crippen LogP contribution in [0, 0.1) is 6.92 Å². The van der Waals surface area contributed by atoms with Crippen LogP contribution in [-0.4, -0.2) is 34.4 Å². The van der Waals surface area contributed by atoms with Gasteiger partial charge in [0.05, 0.1) is 0 Å². The van der Waals surface area contributed by atoms with Crippen LogP contribution >= 0.6 is 11.3 Å². The van der Waals surface area contributed by atoms with E-state index in [1.165, 1.54) is 11.0 Å². The number of likely N-dealkylation sites (tertiary alicyclic amines) is 1. The number of rotatable bonds is 4. The van der Waals surface area contributed by atoms with Gasteiger partial charge in [-0.3, -0.25) is 19.0 Å². The largest absolute Gasteiger partial charge is 0.339 e. The van der Waals surface area contributed by atoms with Crippen LogP contribution in [0.2, 0.25) is 0 Å². The summed E-state index contributed by atoms with van der Waals surface area (Å²) in [7, 11) is 0. The first kappa shape index (κ1) is 17.4. The van der Waals surface area contributed by atoms with E-state index < -0.39 is 0 Å². The fourth-order valence-electron chi connectivity index (χ4n) is 2.95. The van der Waals surface area contributed by atoms with Crippen molar-refractivity contribution in [1.82, 2.24) is 9.47 Å². The fourth-order valence-corrected chi connectivity index (χ4v) is 3.68. The summed E-state index contributed by atoms with van der Waals surface area (Å²) in [6.07, 6.45) is 3.25. The van der Waals surface area contributed by atoms with Crippen molar-refractivity contribution in [3.8, 4) is 0 Å². The van der Waals surface area contributed by atoms with E-state index in [4.69, 9.17) is 0 Å². The Morgan fingerprint density at radius 1 is 1.20 bits per heavy atom. The summed E-state index contributed by atoms with van der Waals surface area (Å²) in [5, 5.41) is 4.50. The van der Waals surface area contributed by atoms with Gasteiger partial charge in [0.1, 0.15) is 6.54 Å². The van der Waals surface area contributed by atoms with Gasteiger partial charge in [0.25, 0.3) is 5.91 Å². The van der Waals surface area contributed by atoms with Gasteiger partial charge >= 0.3 is 4.87 Å². The first-order valence-electron chi connectivity index (χ1n) is 8.39. The molecular weight excluding hydrogens is 338 g/mol. The first-order chi connectivity index (χ1) is 12.0. The summed E-state index contributed by atoms with van der Waals surface area (Å²) in [4.78, 5) is 38.2. The number of nitrogens with zero attached hydrogens (tertiary/aromatic N) is 2. The lowest BCUT2D eigenvalue weighted by Gasteiger charge is -2.26. The van der Waals surface area contributed by atoms with Crippen molar-refractivity contribution < 1.29 is 9.59 Å². The maximum atomic E-state index is 12.6. The third-order valence-corrected chi connectivity index (χ3v) is 5.20. The number of nitrogens with one attached hydrogen (secondary N) is 1. The summed E-state index contributed by atoms with van der Waals surface area (Å²) in [5.74, 6) is -0.285. The first-order valence-corrected chi connectivity index (χ1v) is 9.26. The van der Waals surface area contributed by atoms with Crippen LogP contribution in [0.5, 0.6) is 0 Å². The highest BCUT2D eigenvalue weighted by Gasteiger charge is 2.18. The molecule has 6 nitrogen and oxygen atoms in total. The number of carbonyl (C=O) groups excluding carboxylic acids is 2. The zero-order chi connectivity index (χ0) is 17.8. The number of aryl methyl sites for hydroxylation is 1. The van der Waals surface area contributed by atoms with Gasteiger partial charge in [0.2, 0.25) is 5.91 Å². The Hall–Kier alpha value is -2.41. The summed E-state index contributed by atoms with van der Waals surface area (Å²) in [6.45, 7) is 3.34. The molecule has 2 amide bonds. The highest BCUT2D eigenvalue weighted by Crippen LogP contribution is 2.16. The summed E-state index contributed by atoms with van der Waals surface area (Å²) < 4.78 is 1.43. The van der Waals surface area contributed by atoms with E-state index in [0.717, 1.165) is 43.0 Å². The number of hydrogen-bond acceptors (Lipinski definition) is 4. The Morgan fingerprint density at radius 2 is 1.96 bits per heavy atom. The number of carbonyl (C=O) groups is 2. The maximum absolute atomic E-state index is 12.6. The van der Waals surface area contributed by atoms with E-state index in [9.17, 15) is 14.4 Å². The molecule has 0 radical (unpaired) electrons. The van der Waals surface area contributed by atoms with Crippen molar-refractivity contribution in [2.45, 2.75) is 32.7 Å². The summed E-state index contributed by atoms with van der Waals surface area (Å²) >= 11 is 1.08. The van der Waals surface area contributed by atoms with Crippen LogP contribution in [0.25, 0.3) is 0 Å². The second-order valence-electron chi connectivity index (χ2n) is 6.21. The average Bonchev–Trinajstić information content (AvgIpc) is 2.94. The van der Waals surface area contributed by atoms with Gasteiger partial charge in [-0.05, 0) is 44.4 Å². The molecule has 25 heavy (non-hydrogen) atoms. The predicted octanol–water partition coefficient (Wildman–Crippen LogP) is 2.48. The van der Waals surface area contributed by atoms with Crippen molar-refractivity contribution in [3.63, 3.8) is 0 Å². The molecule has 2 aromatic rings. The molecule has 0 unspecified atom stereocenters. The third kappa shape index (κ3) is 4.17. The molecule has 1 saturated heterocycles. The van der Waals surface area contributed by atoms with E-state index in [2.05, 4.69) is 5.32 Å². The second kappa shape index (κ2) is 7.65. The number of benzene rings is 1. The Kier molecular flexibility index (Phi) is 5.33. The molecule has 0 atom stereocenters. The second-order valence-corrected chi connectivity index (χ2v) is 7.03. The zero-order valence-corrected chi connectivity index (χ0v) is 15.0. The standard InChI is InChI=1S/C18H21N3O3S/c1-13-12-25-18(24)21(13)11-16(22)19-15-7-5-6-14(10-15)17(23)20-8-3-2-4-9-20/h5-7,10,12H,2-4,8-9,11H2,1H3,(H,19,22). The fraction of sp³-hybridized carbons (Fsp3) is 0.389. The van der Waals surface area contributed by atoms with Gasteiger partial charge in [0.15, 0.2) is 0 Å². The highest BCUT2D eigenvalue weighted by molar-refractivity contribution is 7.07. The Bertz CT molecular complexity index is 834. The maximum Gasteiger partial charge on any atom is 0.307 e. The van der Waals surface area contributed by atoms with Gasteiger partial charge < -0.3 is 10.2 Å².